The van der Waals surface area contributed by atoms with E-state index in [-0.39, 0.29) is 0 Å². The van der Waals surface area contributed by atoms with E-state index in [1.807, 2.05) is 0 Å². The van der Waals surface area contributed by atoms with Crippen molar-refractivity contribution in [3.05, 3.63) is 0 Å². The van der Waals surface area contributed by atoms with Crippen molar-refractivity contribution in [3.63, 3.8) is 0 Å². The van der Waals surface area contributed by atoms with Crippen molar-refractivity contribution >= 4 is 0 Å². The molecule has 0 aromatic rings. The van der Waals surface area contributed by atoms with Gasteiger partial charge in [-0.05, 0) is 30.1 Å². The Labute approximate surface area is 65.0 Å². The lowest BCUT2D eigenvalue weighted by molar-refractivity contribution is 0.334. The molecule has 0 bridgehead atoms. The Balaban J connectivity index is 2.53. The minimum absolute atomic E-state index is 0.963. The molecule has 1 rings (SSSR count). The molecule has 0 radical (unpaired) electrons. The Kier molecular flexibility index (Phi) is 2.38. The van der Waals surface area contributed by atoms with Crippen LogP contribution in [0.3, 0.4) is 0 Å². The first kappa shape index (κ1) is 8.10. The molecule has 0 aliphatic heterocycles. The maximum Gasteiger partial charge on any atom is -0.0386 e. The Bertz CT molecular complexity index is 107. The van der Waals surface area contributed by atoms with Crippen LogP contribution in [0.2, 0.25) is 0 Å². The average molecular weight is 140 g/mol. The highest BCUT2D eigenvalue weighted by Crippen LogP contribution is 2.42. The summed E-state index contributed by atoms with van der Waals surface area (Å²) < 4.78 is 0. The normalized spacial score (nSPS) is 48.0. The largest absolute Gasteiger partial charge is 0.0651 e. The third-order valence-corrected chi connectivity index (χ3v) is 3.67. The van der Waals surface area contributed by atoms with Gasteiger partial charge in [0.25, 0.3) is 0 Å². The minimum Gasteiger partial charge on any atom is -0.0651 e. The zero-order valence-electron chi connectivity index (χ0n) is 7.72. The van der Waals surface area contributed by atoms with Crippen LogP contribution in [0, 0.1) is 23.7 Å². The first-order valence-corrected chi connectivity index (χ1v) is 4.66. The van der Waals surface area contributed by atoms with Crippen LogP contribution in [0.1, 0.15) is 40.5 Å². The molecule has 1 aliphatic rings. The summed E-state index contributed by atoms with van der Waals surface area (Å²) in [7, 11) is 0. The molecule has 0 N–H and O–H groups in total. The standard InChI is InChI=1S/C10H20/c1-5-10-6-7(2)8(3)9(10)4/h7-10H,5-6H2,1-4H3/t7-,8?,9?,10-/m0/s1. The van der Waals surface area contributed by atoms with Crippen molar-refractivity contribution in [2.45, 2.75) is 40.5 Å². The van der Waals surface area contributed by atoms with Crippen molar-refractivity contribution in [3.8, 4) is 0 Å². The summed E-state index contributed by atoms with van der Waals surface area (Å²) in [4.78, 5) is 0. The fraction of sp³-hybridized carbons (Fsp3) is 1.00. The van der Waals surface area contributed by atoms with Crippen LogP contribution in [0.4, 0.5) is 0 Å². The third kappa shape index (κ3) is 1.21. The second-order valence-electron chi connectivity index (χ2n) is 4.10. The summed E-state index contributed by atoms with van der Waals surface area (Å²) in [6.07, 6.45) is 2.86. The van der Waals surface area contributed by atoms with Gasteiger partial charge in [-0.3, -0.25) is 0 Å². The Hall–Kier alpha value is 0. The minimum atomic E-state index is 0.963. The second kappa shape index (κ2) is 2.94. The smallest absolute Gasteiger partial charge is 0.0386 e. The molecule has 0 heteroatoms. The lowest BCUT2D eigenvalue weighted by Crippen LogP contribution is -2.08. The van der Waals surface area contributed by atoms with Crippen LogP contribution < -0.4 is 0 Å². The Morgan fingerprint density at radius 3 is 1.90 bits per heavy atom. The zero-order chi connectivity index (χ0) is 7.72. The Morgan fingerprint density at radius 1 is 1.10 bits per heavy atom. The maximum absolute atomic E-state index is 2.42. The molecular weight excluding hydrogens is 120 g/mol. The van der Waals surface area contributed by atoms with Gasteiger partial charge in [-0.25, -0.2) is 0 Å². The molecular formula is C10H20. The van der Waals surface area contributed by atoms with Gasteiger partial charge < -0.3 is 0 Å². The van der Waals surface area contributed by atoms with Gasteiger partial charge in [0.15, 0.2) is 0 Å². The van der Waals surface area contributed by atoms with Crippen molar-refractivity contribution in [2.75, 3.05) is 0 Å². The van der Waals surface area contributed by atoms with E-state index < -0.39 is 0 Å². The summed E-state index contributed by atoms with van der Waals surface area (Å²) in [5.74, 6) is 3.93. The zero-order valence-corrected chi connectivity index (χ0v) is 7.72. The topological polar surface area (TPSA) is 0 Å². The van der Waals surface area contributed by atoms with Crippen LogP contribution in [0.25, 0.3) is 0 Å². The van der Waals surface area contributed by atoms with Gasteiger partial charge in [0, 0.05) is 0 Å². The van der Waals surface area contributed by atoms with Crippen molar-refractivity contribution in [1.29, 1.82) is 0 Å². The van der Waals surface area contributed by atoms with Gasteiger partial charge in [-0.1, -0.05) is 34.1 Å². The van der Waals surface area contributed by atoms with E-state index in [2.05, 4.69) is 27.7 Å². The van der Waals surface area contributed by atoms with E-state index in [9.17, 15) is 0 Å². The second-order valence-corrected chi connectivity index (χ2v) is 4.10. The molecule has 0 spiro atoms. The van der Waals surface area contributed by atoms with Crippen molar-refractivity contribution in [1.82, 2.24) is 0 Å². The van der Waals surface area contributed by atoms with Crippen molar-refractivity contribution in [2.24, 2.45) is 23.7 Å². The monoisotopic (exact) mass is 140 g/mol. The molecule has 0 aromatic heterocycles. The van der Waals surface area contributed by atoms with Gasteiger partial charge in [0.1, 0.15) is 0 Å². The van der Waals surface area contributed by atoms with E-state index >= 15 is 0 Å². The van der Waals surface area contributed by atoms with Crippen LogP contribution in [-0.4, -0.2) is 0 Å². The van der Waals surface area contributed by atoms with Gasteiger partial charge >= 0.3 is 0 Å². The first-order valence-electron chi connectivity index (χ1n) is 4.66. The van der Waals surface area contributed by atoms with Gasteiger partial charge in [-0.2, -0.15) is 0 Å². The number of hydrogen-bond acceptors (Lipinski definition) is 0. The molecule has 2 unspecified atom stereocenters. The maximum atomic E-state index is 2.42. The number of rotatable bonds is 1. The molecule has 0 saturated heterocycles. The number of hydrogen-bond donors (Lipinski definition) is 0. The summed E-state index contributed by atoms with van der Waals surface area (Å²) in [6, 6.07) is 0. The summed E-state index contributed by atoms with van der Waals surface area (Å²) in [5.41, 5.74) is 0. The average Bonchev–Trinajstić information content (AvgIpc) is 2.17. The van der Waals surface area contributed by atoms with Gasteiger partial charge in [-0.15, -0.1) is 0 Å². The fourth-order valence-electron chi connectivity index (χ4n) is 2.39. The van der Waals surface area contributed by atoms with Crippen LogP contribution in [-0.2, 0) is 0 Å². The SMILES string of the molecule is CC[C@H]1C[C@H](C)C(C)C1C. The molecule has 1 aliphatic carbocycles. The molecule has 0 nitrogen and oxygen atoms in total. The predicted octanol–water partition coefficient (Wildman–Crippen LogP) is 3.32. The van der Waals surface area contributed by atoms with Crippen LogP contribution in [0.15, 0.2) is 0 Å². The van der Waals surface area contributed by atoms with E-state index in [0.717, 1.165) is 23.7 Å². The lowest BCUT2D eigenvalue weighted by atomic mass is 9.90. The van der Waals surface area contributed by atoms with E-state index in [0.29, 0.717) is 0 Å². The molecule has 0 amide bonds. The molecule has 0 aromatic carbocycles. The predicted molar refractivity (Wildman–Crippen MR) is 45.9 cm³/mol. The van der Waals surface area contributed by atoms with E-state index in [4.69, 9.17) is 0 Å². The van der Waals surface area contributed by atoms with E-state index in [1.165, 1.54) is 12.8 Å². The fourth-order valence-corrected chi connectivity index (χ4v) is 2.39. The molecule has 4 atom stereocenters. The molecule has 1 fully saturated rings. The molecule has 1 saturated carbocycles. The third-order valence-electron chi connectivity index (χ3n) is 3.67. The molecule has 0 heterocycles. The molecule has 10 heavy (non-hydrogen) atoms. The first-order chi connectivity index (χ1) is 4.66. The quantitative estimate of drug-likeness (QED) is 0.524. The highest BCUT2D eigenvalue weighted by molar-refractivity contribution is 4.83. The lowest BCUT2D eigenvalue weighted by Gasteiger charge is -2.16. The van der Waals surface area contributed by atoms with Gasteiger partial charge in [0.2, 0.25) is 0 Å². The van der Waals surface area contributed by atoms with Crippen LogP contribution in [0.5, 0.6) is 0 Å². The Morgan fingerprint density at radius 2 is 1.70 bits per heavy atom. The summed E-state index contributed by atoms with van der Waals surface area (Å²) in [5, 5.41) is 0. The van der Waals surface area contributed by atoms with Crippen LogP contribution >= 0.6 is 0 Å². The highest BCUT2D eigenvalue weighted by Gasteiger charge is 2.33. The highest BCUT2D eigenvalue weighted by atomic mass is 14.4. The van der Waals surface area contributed by atoms with Gasteiger partial charge in [0.05, 0.1) is 0 Å². The molecule has 60 valence electrons. The van der Waals surface area contributed by atoms with Crippen molar-refractivity contribution < 1.29 is 0 Å². The summed E-state index contributed by atoms with van der Waals surface area (Å²) >= 11 is 0. The van der Waals surface area contributed by atoms with E-state index in [1.54, 1.807) is 0 Å². The summed E-state index contributed by atoms with van der Waals surface area (Å²) in [6.45, 7) is 9.55.